The van der Waals surface area contributed by atoms with Gasteiger partial charge in [0.2, 0.25) is 5.91 Å². The first-order chi connectivity index (χ1) is 11.9. The van der Waals surface area contributed by atoms with Crippen LogP contribution in [0.2, 0.25) is 0 Å². The summed E-state index contributed by atoms with van der Waals surface area (Å²) in [4.78, 5) is 31.0. The largest absolute Gasteiger partial charge is 0.342 e. The number of carbonyl (C=O) groups is 2. The molecule has 6 nitrogen and oxygen atoms in total. The number of fused-ring (bicyclic) bond motifs is 1. The van der Waals surface area contributed by atoms with Crippen LogP contribution >= 0.6 is 0 Å². The molecule has 3 aliphatic heterocycles. The summed E-state index contributed by atoms with van der Waals surface area (Å²) in [6.07, 6.45) is 4.20. The number of carbonyl (C=O) groups excluding carboxylic acids is 2. The molecule has 3 heterocycles. The summed E-state index contributed by atoms with van der Waals surface area (Å²) in [6.45, 7) is 10.7. The molecule has 4 fully saturated rings. The Balaban J connectivity index is 1.17. The molecule has 1 N–H and O–H groups in total. The molecule has 1 saturated carbocycles. The van der Waals surface area contributed by atoms with E-state index < -0.39 is 0 Å². The van der Waals surface area contributed by atoms with Crippen LogP contribution in [0.4, 0.5) is 4.79 Å². The summed E-state index contributed by atoms with van der Waals surface area (Å²) in [6, 6.07) is 0.380. The molecule has 25 heavy (non-hydrogen) atoms. The second-order valence-corrected chi connectivity index (χ2v) is 9.03. The summed E-state index contributed by atoms with van der Waals surface area (Å²) >= 11 is 0. The number of urea groups is 1. The van der Waals surface area contributed by atoms with E-state index in [-0.39, 0.29) is 18.0 Å². The number of rotatable bonds is 3. The minimum atomic E-state index is 0.120. The third kappa shape index (κ3) is 3.37. The lowest BCUT2D eigenvalue weighted by Gasteiger charge is -2.34. The first-order valence-corrected chi connectivity index (χ1v) is 10.0. The van der Waals surface area contributed by atoms with Crippen molar-refractivity contribution in [3.8, 4) is 0 Å². The van der Waals surface area contributed by atoms with Crippen molar-refractivity contribution >= 4 is 11.9 Å². The number of piperidine rings is 2. The van der Waals surface area contributed by atoms with Crippen LogP contribution in [0.5, 0.6) is 0 Å². The second kappa shape index (κ2) is 6.45. The number of hydrogen-bond donors (Lipinski definition) is 1. The van der Waals surface area contributed by atoms with Gasteiger partial charge in [0.25, 0.3) is 0 Å². The van der Waals surface area contributed by atoms with Gasteiger partial charge in [-0.15, -0.1) is 0 Å². The van der Waals surface area contributed by atoms with Gasteiger partial charge in [-0.25, -0.2) is 4.79 Å². The third-order valence-corrected chi connectivity index (χ3v) is 7.14. The van der Waals surface area contributed by atoms with E-state index in [1.165, 1.54) is 0 Å². The molecule has 0 spiro atoms. The van der Waals surface area contributed by atoms with Crippen molar-refractivity contribution in [1.82, 2.24) is 20.0 Å². The Hall–Kier alpha value is -1.30. The van der Waals surface area contributed by atoms with Crippen LogP contribution < -0.4 is 5.32 Å². The van der Waals surface area contributed by atoms with Crippen LogP contribution in [0.3, 0.4) is 0 Å². The highest BCUT2D eigenvalue weighted by atomic mass is 16.2. The van der Waals surface area contributed by atoms with Gasteiger partial charge in [-0.2, -0.15) is 0 Å². The van der Waals surface area contributed by atoms with Gasteiger partial charge in [0.1, 0.15) is 0 Å². The van der Waals surface area contributed by atoms with Gasteiger partial charge in [-0.05, 0) is 42.9 Å². The van der Waals surface area contributed by atoms with Crippen molar-refractivity contribution in [2.75, 3.05) is 45.8 Å². The van der Waals surface area contributed by atoms with Gasteiger partial charge in [0, 0.05) is 45.3 Å². The highest BCUT2D eigenvalue weighted by molar-refractivity contribution is 5.78. The minimum absolute atomic E-state index is 0.120. The molecule has 2 atom stereocenters. The maximum atomic E-state index is 12.5. The molecule has 140 valence electrons. The van der Waals surface area contributed by atoms with Crippen molar-refractivity contribution in [2.45, 2.75) is 45.6 Å². The molecule has 3 saturated heterocycles. The lowest BCUT2D eigenvalue weighted by atomic mass is 10.0. The Labute approximate surface area is 150 Å². The first-order valence-electron chi connectivity index (χ1n) is 10.0. The van der Waals surface area contributed by atoms with Gasteiger partial charge in [-0.1, -0.05) is 13.8 Å². The maximum Gasteiger partial charge on any atom is 0.317 e. The van der Waals surface area contributed by atoms with Crippen LogP contribution in [0.25, 0.3) is 0 Å². The number of amides is 3. The zero-order chi connectivity index (χ0) is 17.6. The quantitative estimate of drug-likeness (QED) is 0.838. The zero-order valence-electron chi connectivity index (χ0n) is 15.7. The molecule has 0 aromatic heterocycles. The van der Waals surface area contributed by atoms with Crippen molar-refractivity contribution in [2.24, 2.45) is 17.3 Å². The van der Waals surface area contributed by atoms with E-state index in [0.29, 0.717) is 23.8 Å². The van der Waals surface area contributed by atoms with Crippen molar-refractivity contribution in [3.05, 3.63) is 0 Å². The number of nitrogens with zero attached hydrogens (tertiary/aromatic N) is 3. The maximum absolute atomic E-state index is 12.5. The van der Waals surface area contributed by atoms with Crippen LogP contribution in [0.1, 0.15) is 39.5 Å². The number of hydrogen-bond acceptors (Lipinski definition) is 3. The van der Waals surface area contributed by atoms with Crippen LogP contribution in [-0.4, -0.2) is 78.5 Å². The highest BCUT2D eigenvalue weighted by Gasteiger charge is 2.62. The van der Waals surface area contributed by atoms with E-state index >= 15 is 0 Å². The lowest BCUT2D eigenvalue weighted by molar-refractivity contribution is -0.131. The predicted octanol–water partition coefficient (Wildman–Crippen LogP) is 1.37. The molecular formula is C19H32N4O2. The van der Waals surface area contributed by atoms with E-state index in [0.717, 1.165) is 65.0 Å². The van der Waals surface area contributed by atoms with E-state index in [1.807, 2.05) is 9.80 Å². The summed E-state index contributed by atoms with van der Waals surface area (Å²) in [5.74, 6) is 1.69. The smallest absolute Gasteiger partial charge is 0.317 e. The Morgan fingerprint density at radius 1 is 0.960 bits per heavy atom. The SMILES string of the molecule is CC1(C)[C@@H]2CN(C(=O)NC3CCN(CC(=O)N4CCCC4)CC3)C[C@@H]21. The fourth-order valence-electron chi connectivity index (χ4n) is 5.06. The molecule has 3 amide bonds. The first kappa shape index (κ1) is 17.1. The summed E-state index contributed by atoms with van der Waals surface area (Å²) in [5.41, 5.74) is 0.448. The Bertz CT molecular complexity index is 522. The summed E-state index contributed by atoms with van der Waals surface area (Å²) in [7, 11) is 0. The van der Waals surface area contributed by atoms with Crippen molar-refractivity contribution in [1.29, 1.82) is 0 Å². The van der Waals surface area contributed by atoms with E-state index in [2.05, 4.69) is 24.1 Å². The molecule has 4 rings (SSSR count). The fourth-order valence-corrected chi connectivity index (χ4v) is 5.06. The average molecular weight is 348 g/mol. The van der Waals surface area contributed by atoms with E-state index in [9.17, 15) is 9.59 Å². The summed E-state index contributed by atoms with van der Waals surface area (Å²) in [5, 5.41) is 3.22. The third-order valence-electron chi connectivity index (χ3n) is 7.14. The molecule has 0 aromatic carbocycles. The monoisotopic (exact) mass is 348 g/mol. The zero-order valence-corrected chi connectivity index (χ0v) is 15.7. The standard InChI is InChI=1S/C19H32N4O2/c1-19(2)15-11-23(12-16(15)19)18(25)20-14-5-9-21(10-6-14)13-17(24)22-7-3-4-8-22/h14-16H,3-13H2,1-2H3,(H,20,25)/t15-,16+. The predicted molar refractivity (Wildman–Crippen MR) is 96.1 cm³/mol. The average Bonchev–Trinajstić information content (AvgIpc) is 3.11. The molecule has 4 aliphatic rings. The van der Waals surface area contributed by atoms with Gasteiger partial charge in [0.05, 0.1) is 6.54 Å². The Kier molecular flexibility index (Phi) is 4.42. The lowest BCUT2D eigenvalue weighted by Crippen LogP contribution is -2.50. The minimum Gasteiger partial charge on any atom is -0.342 e. The van der Waals surface area contributed by atoms with Gasteiger partial charge in [-0.3, -0.25) is 9.69 Å². The van der Waals surface area contributed by atoms with Crippen LogP contribution in [-0.2, 0) is 4.79 Å². The van der Waals surface area contributed by atoms with Crippen LogP contribution in [0, 0.1) is 17.3 Å². The normalized spacial score (nSPS) is 31.9. The Morgan fingerprint density at radius 3 is 2.16 bits per heavy atom. The highest BCUT2D eigenvalue weighted by Crippen LogP contribution is 2.61. The molecule has 0 aromatic rings. The molecule has 1 aliphatic carbocycles. The van der Waals surface area contributed by atoms with Gasteiger partial charge < -0.3 is 15.1 Å². The van der Waals surface area contributed by atoms with E-state index in [1.54, 1.807) is 0 Å². The second-order valence-electron chi connectivity index (χ2n) is 9.03. The van der Waals surface area contributed by atoms with Crippen molar-refractivity contribution < 1.29 is 9.59 Å². The number of nitrogens with one attached hydrogen (secondary N) is 1. The Morgan fingerprint density at radius 2 is 1.56 bits per heavy atom. The topological polar surface area (TPSA) is 55.9 Å². The molecular weight excluding hydrogens is 316 g/mol. The van der Waals surface area contributed by atoms with Gasteiger partial charge >= 0.3 is 6.03 Å². The van der Waals surface area contributed by atoms with Crippen molar-refractivity contribution in [3.63, 3.8) is 0 Å². The number of likely N-dealkylation sites (tertiary alicyclic amines) is 3. The summed E-state index contributed by atoms with van der Waals surface area (Å²) < 4.78 is 0. The molecule has 0 radical (unpaired) electrons. The molecule has 0 unspecified atom stereocenters. The fraction of sp³-hybridized carbons (Fsp3) is 0.895. The molecule has 0 bridgehead atoms. The molecule has 6 heteroatoms. The van der Waals surface area contributed by atoms with Crippen LogP contribution in [0.15, 0.2) is 0 Å². The van der Waals surface area contributed by atoms with Gasteiger partial charge in [0.15, 0.2) is 0 Å². The van der Waals surface area contributed by atoms with E-state index in [4.69, 9.17) is 0 Å².